The molecule has 0 saturated carbocycles. The highest BCUT2D eigenvalue weighted by molar-refractivity contribution is 7.99. The van der Waals surface area contributed by atoms with Crippen molar-refractivity contribution in [3.8, 4) is 0 Å². The SMILES string of the molecule is O=C(CC1CSCCN1)NC1CCSc2ccc(Cl)cc21. The summed E-state index contributed by atoms with van der Waals surface area (Å²) in [7, 11) is 0. The predicted molar refractivity (Wildman–Crippen MR) is 91.4 cm³/mol. The van der Waals surface area contributed by atoms with Crippen LogP contribution in [0.3, 0.4) is 0 Å². The Morgan fingerprint density at radius 3 is 3.14 bits per heavy atom. The maximum absolute atomic E-state index is 12.3. The van der Waals surface area contributed by atoms with Crippen LogP contribution in [0.2, 0.25) is 5.02 Å². The highest BCUT2D eigenvalue weighted by Gasteiger charge is 2.24. The molecule has 1 fully saturated rings. The fraction of sp³-hybridized carbons (Fsp3) is 0.533. The second-order valence-corrected chi connectivity index (χ2v) is 8.09. The number of halogens is 1. The fourth-order valence-corrected chi connectivity index (χ4v) is 4.98. The molecule has 114 valence electrons. The minimum Gasteiger partial charge on any atom is -0.349 e. The largest absolute Gasteiger partial charge is 0.349 e. The van der Waals surface area contributed by atoms with E-state index in [0.29, 0.717) is 12.5 Å². The van der Waals surface area contributed by atoms with Crippen molar-refractivity contribution in [2.24, 2.45) is 0 Å². The zero-order valence-electron chi connectivity index (χ0n) is 11.7. The Bertz CT molecular complexity index is 520. The van der Waals surface area contributed by atoms with Gasteiger partial charge in [0.25, 0.3) is 0 Å². The summed E-state index contributed by atoms with van der Waals surface area (Å²) >= 11 is 9.86. The van der Waals surface area contributed by atoms with E-state index in [-0.39, 0.29) is 11.9 Å². The fourth-order valence-electron chi connectivity index (χ4n) is 2.74. The van der Waals surface area contributed by atoms with Crippen molar-refractivity contribution in [2.45, 2.75) is 29.8 Å². The van der Waals surface area contributed by atoms with Gasteiger partial charge in [-0.2, -0.15) is 11.8 Å². The van der Waals surface area contributed by atoms with Crippen LogP contribution in [0, 0.1) is 0 Å². The lowest BCUT2D eigenvalue weighted by Crippen LogP contribution is -2.42. The first kappa shape index (κ1) is 15.5. The molecule has 1 amide bonds. The Morgan fingerprint density at radius 2 is 2.33 bits per heavy atom. The molecule has 0 aliphatic carbocycles. The molecule has 2 aliphatic rings. The monoisotopic (exact) mass is 342 g/mol. The summed E-state index contributed by atoms with van der Waals surface area (Å²) in [5.41, 5.74) is 1.16. The van der Waals surface area contributed by atoms with Crippen LogP contribution < -0.4 is 10.6 Å². The number of carbonyl (C=O) groups excluding carboxylic acids is 1. The molecule has 21 heavy (non-hydrogen) atoms. The molecule has 2 N–H and O–H groups in total. The minimum atomic E-state index is 0.101. The van der Waals surface area contributed by atoms with Crippen molar-refractivity contribution in [1.82, 2.24) is 10.6 Å². The summed E-state index contributed by atoms with van der Waals surface area (Å²) in [4.78, 5) is 13.5. The number of fused-ring (bicyclic) bond motifs is 1. The standard InChI is InChI=1S/C15H19ClN2OS2/c16-10-1-2-14-12(7-10)13(3-5-21-14)18-15(19)8-11-9-20-6-4-17-11/h1-2,7,11,13,17H,3-6,8-9H2,(H,18,19). The molecule has 0 bridgehead atoms. The van der Waals surface area contributed by atoms with E-state index in [4.69, 9.17) is 11.6 Å². The van der Waals surface area contributed by atoms with E-state index in [0.717, 1.165) is 40.8 Å². The Kier molecular flexibility index (Phi) is 5.38. The van der Waals surface area contributed by atoms with Gasteiger partial charge in [0.15, 0.2) is 0 Å². The van der Waals surface area contributed by atoms with Crippen LogP contribution in [0.1, 0.15) is 24.4 Å². The lowest BCUT2D eigenvalue weighted by Gasteiger charge is -2.28. The molecule has 3 rings (SSSR count). The zero-order chi connectivity index (χ0) is 14.7. The van der Waals surface area contributed by atoms with Gasteiger partial charge in [-0.25, -0.2) is 0 Å². The van der Waals surface area contributed by atoms with Gasteiger partial charge >= 0.3 is 0 Å². The van der Waals surface area contributed by atoms with Gasteiger partial charge in [-0.3, -0.25) is 4.79 Å². The van der Waals surface area contributed by atoms with Gasteiger partial charge in [0.05, 0.1) is 6.04 Å². The van der Waals surface area contributed by atoms with E-state index in [1.807, 2.05) is 35.7 Å². The molecule has 1 aromatic carbocycles. The lowest BCUT2D eigenvalue weighted by molar-refractivity contribution is -0.122. The first-order valence-corrected chi connectivity index (χ1v) is 9.77. The average Bonchev–Trinajstić information content (AvgIpc) is 2.49. The van der Waals surface area contributed by atoms with Crippen LogP contribution in [0.4, 0.5) is 0 Å². The summed E-state index contributed by atoms with van der Waals surface area (Å²) in [6.07, 6.45) is 1.53. The third-order valence-electron chi connectivity index (χ3n) is 3.78. The molecule has 3 nitrogen and oxygen atoms in total. The number of hydrogen-bond acceptors (Lipinski definition) is 4. The lowest BCUT2D eigenvalue weighted by atomic mass is 10.0. The molecular weight excluding hydrogens is 324 g/mol. The number of hydrogen-bond donors (Lipinski definition) is 2. The molecule has 0 aromatic heterocycles. The van der Waals surface area contributed by atoms with Gasteiger partial charge in [0, 0.05) is 46.2 Å². The molecule has 0 spiro atoms. The summed E-state index contributed by atoms with van der Waals surface area (Å²) in [6, 6.07) is 6.37. The van der Waals surface area contributed by atoms with Crippen LogP contribution in [0.25, 0.3) is 0 Å². The normalized spacial score (nSPS) is 25.2. The highest BCUT2D eigenvalue weighted by atomic mass is 35.5. The third kappa shape index (κ3) is 4.09. The van der Waals surface area contributed by atoms with Gasteiger partial charge in [-0.15, -0.1) is 11.8 Å². The van der Waals surface area contributed by atoms with Crippen LogP contribution in [0.5, 0.6) is 0 Å². The third-order valence-corrected chi connectivity index (χ3v) is 6.27. The van der Waals surface area contributed by atoms with E-state index in [1.54, 1.807) is 0 Å². The molecule has 2 unspecified atom stereocenters. The Labute approximate surface area is 139 Å². The van der Waals surface area contributed by atoms with Gasteiger partial charge in [0.2, 0.25) is 5.91 Å². The maximum atomic E-state index is 12.3. The van der Waals surface area contributed by atoms with Crippen molar-refractivity contribution in [1.29, 1.82) is 0 Å². The van der Waals surface area contributed by atoms with E-state index in [9.17, 15) is 4.79 Å². The number of rotatable bonds is 3. The first-order valence-electron chi connectivity index (χ1n) is 7.25. The number of thioether (sulfide) groups is 2. The van der Waals surface area contributed by atoms with Crippen LogP contribution >= 0.6 is 35.1 Å². The molecule has 1 saturated heterocycles. The van der Waals surface area contributed by atoms with E-state index in [1.165, 1.54) is 4.90 Å². The smallest absolute Gasteiger partial charge is 0.222 e. The zero-order valence-corrected chi connectivity index (χ0v) is 14.1. The second-order valence-electron chi connectivity index (χ2n) is 5.37. The van der Waals surface area contributed by atoms with Gasteiger partial charge in [-0.1, -0.05) is 11.6 Å². The van der Waals surface area contributed by atoms with Crippen LogP contribution in [-0.2, 0) is 4.79 Å². The van der Waals surface area contributed by atoms with E-state index < -0.39 is 0 Å². The molecule has 6 heteroatoms. The van der Waals surface area contributed by atoms with E-state index in [2.05, 4.69) is 16.7 Å². The quantitative estimate of drug-likeness (QED) is 0.885. The van der Waals surface area contributed by atoms with Gasteiger partial charge in [-0.05, 0) is 30.2 Å². The maximum Gasteiger partial charge on any atom is 0.222 e. The number of carbonyl (C=O) groups is 1. The van der Waals surface area contributed by atoms with Crippen molar-refractivity contribution in [3.63, 3.8) is 0 Å². The Balaban J connectivity index is 1.63. The Morgan fingerprint density at radius 1 is 1.43 bits per heavy atom. The molecule has 1 aromatic rings. The van der Waals surface area contributed by atoms with Gasteiger partial charge in [0.1, 0.15) is 0 Å². The molecule has 2 aliphatic heterocycles. The van der Waals surface area contributed by atoms with Crippen LogP contribution in [0.15, 0.2) is 23.1 Å². The number of nitrogens with one attached hydrogen (secondary N) is 2. The van der Waals surface area contributed by atoms with Crippen molar-refractivity contribution in [2.75, 3.05) is 23.8 Å². The number of benzene rings is 1. The number of amides is 1. The average molecular weight is 343 g/mol. The summed E-state index contributed by atoms with van der Waals surface area (Å²) < 4.78 is 0. The van der Waals surface area contributed by atoms with Crippen molar-refractivity contribution < 1.29 is 4.79 Å². The first-order chi connectivity index (χ1) is 10.2. The summed E-state index contributed by atoms with van der Waals surface area (Å²) in [5.74, 6) is 3.34. The summed E-state index contributed by atoms with van der Waals surface area (Å²) in [6.45, 7) is 1.00. The Hall–Kier alpha value is -0.360. The molecule has 2 heterocycles. The minimum absolute atomic E-state index is 0.101. The van der Waals surface area contributed by atoms with Crippen molar-refractivity contribution in [3.05, 3.63) is 28.8 Å². The predicted octanol–water partition coefficient (Wildman–Crippen LogP) is 3.09. The topological polar surface area (TPSA) is 41.1 Å². The van der Waals surface area contributed by atoms with E-state index >= 15 is 0 Å². The van der Waals surface area contributed by atoms with Crippen molar-refractivity contribution >= 4 is 41.0 Å². The second kappa shape index (κ2) is 7.27. The molecular formula is C15H19ClN2OS2. The van der Waals surface area contributed by atoms with Crippen LogP contribution in [-0.4, -0.2) is 35.8 Å². The summed E-state index contributed by atoms with van der Waals surface area (Å²) in [5, 5.41) is 7.33. The van der Waals surface area contributed by atoms with Gasteiger partial charge < -0.3 is 10.6 Å². The molecule has 0 radical (unpaired) electrons. The highest BCUT2D eigenvalue weighted by Crippen LogP contribution is 2.37. The molecule has 2 atom stereocenters.